The van der Waals surface area contributed by atoms with Gasteiger partial charge in [0.2, 0.25) is 0 Å². The van der Waals surface area contributed by atoms with E-state index < -0.39 is 23.7 Å². The van der Waals surface area contributed by atoms with Crippen LogP contribution >= 0.6 is 0 Å². The maximum atomic E-state index is 13.5. The van der Waals surface area contributed by atoms with Gasteiger partial charge in [-0.3, -0.25) is 4.79 Å². The highest BCUT2D eigenvalue weighted by Crippen LogP contribution is 2.43. The van der Waals surface area contributed by atoms with Crippen LogP contribution in [0.3, 0.4) is 0 Å². The lowest BCUT2D eigenvalue weighted by Gasteiger charge is -2.25. The van der Waals surface area contributed by atoms with Crippen LogP contribution in [-0.2, 0) is 4.79 Å². The lowest BCUT2D eigenvalue weighted by molar-refractivity contribution is -0.142. The van der Waals surface area contributed by atoms with Gasteiger partial charge in [0.25, 0.3) is 5.91 Å². The highest BCUT2D eigenvalue weighted by Gasteiger charge is 2.49. The quantitative estimate of drug-likeness (QED) is 0.929. The molecule has 0 spiro atoms. The van der Waals surface area contributed by atoms with Crippen LogP contribution in [0.4, 0.5) is 4.39 Å². The van der Waals surface area contributed by atoms with Crippen LogP contribution in [0.5, 0.6) is 5.75 Å². The van der Waals surface area contributed by atoms with Gasteiger partial charge in [0.15, 0.2) is 0 Å². The Labute approximate surface area is 127 Å². The van der Waals surface area contributed by atoms with E-state index in [0.29, 0.717) is 6.54 Å². The third kappa shape index (κ3) is 2.32. The summed E-state index contributed by atoms with van der Waals surface area (Å²) in [5.41, 5.74) is 0.0775. The summed E-state index contributed by atoms with van der Waals surface area (Å²) < 4.78 is 18.6. The first-order valence-electron chi connectivity index (χ1n) is 7.40. The third-order valence-corrected chi connectivity index (χ3v) is 4.80. The Bertz CT molecular complexity index is 618. The largest absolute Gasteiger partial charge is 0.496 e. The van der Waals surface area contributed by atoms with Crippen molar-refractivity contribution in [2.75, 3.05) is 13.7 Å². The molecule has 22 heavy (non-hydrogen) atoms. The molecule has 0 aromatic heterocycles. The maximum Gasteiger partial charge on any atom is 0.326 e. The Balaban J connectivity index is 1.94. The molecule has 5 nitrogen and oxygen atoms in total. The molecule has 2 aliphatic rings. The standard InChI is InChI=1S/C16H18FNO4/c1-22-13-6-5-10(17)7-12(13)15(19)18-8-9-3-2-4-11(9)14(18)16(20)21/h5-7,9,11,14H,2-4,8H2,1H3,(H,20,21)/t9-,11-,14-/m0/s1. The van der Waals surface area contributed by atoms with Gasteiger partial charge in [-0.2, -0.15) is 0 Å². The highest BCUT2D eigenvalue weighted by molar-refractivity contribution is 5.99. The molecule has 1 aromatic carbocycles. The van der Waals surface area contributed by atoms with Crippen molar-refractivity contribution in [1.29, 1.82) is 0 Å². The fourth-order valence-corrected chi connectivity index (χ4v) is 3.83. The molecule has 0 radical (unpaired) electrons. The minimum atomic E-state index is -0.988. The van der Waals surface area contributed by atoms with Crippen LogP contribution in [0.2, 0.25) is 0 Å². The molecular weight excluding hydrogens is 289 g/mol. The summed E-state index contributed by atoms with van der Waals surface area (Å²) in [7, 11) is 1.40. The SMILES string of the molecule is COc1ccc(F)cc1C(=O)N1C[C@@H]2CCC[C@@H]2[C@H]1C(=O)O. The monoisotopic (exact) mass is 307 g/mol. The number of amides is 1. The molecular formula is C16H18FNO4. The summed E-state index contributed by atoms with van der Waals surface area (Å²) in [6, 6.07) is 2.87. The number of carbonyl (C=O) groups is 2. The van der Waals surface area contributed by atoms with E-state index in [1.165, 1.54) is 24.1 Å². The molecule has 1 aliphatic heterocycles. The first-order chi connectivity index (χ1) is 10.5. The van der Waals surface area contributed by atoms with E-state index in [-0.39, 0.29) is 23.1 Å². The summed E-state index contributed by atoms with van der Waals surface area (Å²) >= 11 is 0. The van der Waals surface area contributed by atoms with E-state index in [2.05, 4.69) is 0 Å². The molecule has 1 aliphatic carbocycles. The van der Waals surface area contributed by atoms with Crippen molar-refractivity contribution < 1.29 is 23.8 Å². The number of carbonyl (C=O) groups excluding carboxylic acids is 1. The van der Waals surface area contributed by atoms with E-state index in [1.807, 2.05) is 0 Å². The Kier molecular flexibility index (Phi) is 3.76. The van der Waals surface area contributed by atoms with Gasteiger partial charge in [0, 0.05) is 6.54 Å². The zero-order valence-corrected chi connectivity index (χ0v) is 12.3. The van der Waals surface area contributed by atoms with Gasteiger partial charge in [0.1, 0.15) is 17.6 Å². The van der Waals surface area contributed by atoms with E-state index in [4.69, 9.17) is 4.74 Å². The van der Waals surface area contributed by atoms with E-state index in [1.54, 1.807) is 0 Å². The lowest BCUT2D eigenvalue weighted by atomic mass is 9.94. The van der Waals surface area contributed by atoms with Crippen LogP contribution in [0.1, 0.15) is 29.6 Å². The first kappa shape index (κ1) is 14.8. The molecule has 118 valence electrons. The van der Waals surface area contributed by atoms with Crippen LogP contribution in [0, 0.1) is 17.7 Å². The summed E-state index contributed by atoms with van der Waals surface area (Å²) in [5, 5.41) is 9.51. The fraction of sp³-hybridized carbons (Fsp3) is 0.500. The minimum absolute atomic E-state index is 0.000930. The molecule has 3 atom stereocenters. The molecule has 0 unspecified atom stereocenters. The third-order valence-electron chi connectivity index (χ3n) is 4.80. The number of carboxylic acids is 1. The van der Waals surface area contributed by atoms with Gasteiger partial charge < -0.3 is 14.7 Å². The zero-order valence-electron chi connectivity index (χ0n) is 12.3. The van der Waals surface area contributed by atoms with Gasteiger partial charge in [-0.05, 0) is 42.9 Å². The van der Waals surface area contributed by atoms with E-state index in [9.17, 15) is 19.1 Å². The predicted octanol–water partition coefficient (Wildman–Crippen LogP) is 2.16. The zero-order chi connectivity index (χ0) is 15.9. The van der Waals surface area contributed by atoms with Crippen molar-refractivity contribution in [2.45, 2.75) is 25.3 Å². The number of hydrogen-bond donors (Lipinski definition) is 1. The molecule has 2 fully saturated rings. The number of ether oxygens (including phenoxy) is 1. The first-order valence-corrected chi connectivity index (χ1v) is 7.40. The maximum absolute atomic E-state index is 13.5. The van der Waals surface area contributed by atoms with E-state index >= 15 is 0 Å². The predicted molar refractivity (Wildman–Crippen MR) is 76.2 cm³/mol. The van der Waals surface area contributed by atoms with Crippen molar-refractivity contribution in [3.63, 3.8) is 0 Å². The van der Waals surface area contributed by atoms with Gasteiger partial charge in [-0.15, -0.1) is 0 Å². The number of fused-ring (bicyclic) bond motifs is 1. The summed E-state index contributed by atoms with van der Waals surface area (Å²) in [6.07, 6.45) is 2.77. The van der Waals surface area contributed by atoms with Gasteiger partial charge in [-0.1, -0.05) is 6.42 Å². The Morgan fingerprint density at radius 3 is 2.82 bits per heavy atom. The average molecular weight is 307 g/mol. The van der Waals surface area contributed by atoms with Gasteiger partial charge in [0.05, 0.1) is 12.7 Å². The molecule has 6 heteroatoms. The van der Waals surface area contributed by atoms with Gasteiger partial charge >= 0.3 is 5.97 Å². The molecule has 1 amide bonds. The van der Waals surface area contributed by atoms with Crippen molar-refractivity contribution >= 4 is 11.9 Å². The van der Waals surface area contributed by atoms with Crippen molar-refractivity contribution in [1.82, 2.24) is 4.90 Å². The lowest BCUT2D eigenvalue weighted by Crippen LogP contribution is -2.43. The molecule has 1 N–H and O–H groups in total. The smallest absolute Gasteiger partial charge is 0.326 e. The second-order valence-electron chi connectivity index (χ2n) is 5.94. The second-order valence-corrected chi connectivity index (χ2v) is 5.94. The topological polar surface area (TPSA) is 66.8 Å². The number of rotatable bonds is 3. The number of carboxylic acid groups (broad SMARTS) is 1. The Morgan fingerprint density at radius 1 is 1.36 bits per heavy atom. The molecule has 1 saturated heterocycles. The fourth-order valence-electron chi connectivity index (χ4n) is 3.83. The van der Waals surface area contributed by atoms with Crippen LogP contribution < -0.4 is 4.74 Å². The van der Waals surface area contributed by atoms with Gasteiger partial charge in [-0.25, -0.2) is 9.18 Å². The van der Waals surface area contributed by atoms with Crippen LogP contribution in [0.25, 0.3) is 0 Å². The molecule has 1 aromatic rings. The number of benzene rings is 1. The number of nitrogens with zero attached hydrogens (tertiary/aromatic N) is 1. The Hall–Kier alpha value is -2.11. The normalized spacial score (nSPS) is 26.8. The number of halogens is 1. The average Bonchev–Trinajstić information content (AvgIpc) is 3.06. The number of hydrogen-bond acceptors (Lipinski definition) is 3. The molecule has 1 saturated carbocycles. The Morgan fingerprint density at radius 2 is 2.14 bits per heavy atom. The summed E-state index contributed by atoms with van der Waals surface area (Å²) in [6.45, 7) is 0.417. The van der Waals surface area contributed by atoms with Crippen LogP contribution in [0.15, 0.2) is 18.2 Å². The second kappa shape index (κ2) is 5.59. The van der Waals surface area contributed by atoms with E-state index in [0.717, 1.165) is 25.3 Å². The van der Waals surface area contributed by atoms with Crippen molar-refractivity contribution in [2.24, 2.45) is 11.8 Å². The minimum Gasteiger partial charge on any atom is -0.496 e. The molecule has 1 heterocycles. The number of methoxy groups -OCH3 is 1. The molecule has 3 rings (SSSR count). The highest BCUT2D eigenvalue weighted by atomic mass is 19.1. The van der Waals surface area contributed by atoms with Crippen LogP contribution in [-0.4, -0.2) is 41.6 Å². The molecule has 0 bridgehead atoms. The van der Waals surface area contributed by atoms with Crippen molar-refractivity contribution in [3.8, 4) is 5.75 Å². The summed E-state index contributed by atoms with van der Waals surface area (Å²) in [5.74, 6) is -1.52. The summed E-state index contributed by atoms with van der Waals surface area (Å²) in [4.78, 5) is 25.7. The number of likely N-dealkylation sites (tertiary alicyclic amines) is 1. The number of aliphatic carboxylic acids is 1. The van der Waals surface area contributed by atoms with Crippen molar-refractivity contribution in [3.05, 3.63) is 29.6 Å².